The molecule has 1 aliphatic heterocycles. The average Bonchev–Trinajstić information content (AvgIpc) is 2.81. The van der Waals surface area contributed by atoms with Crippen LogP contribution in [0.2, 0.25) is 10.0 Å². The molecule has 0 radical (unpaired) electrons. The fourth-order valence-corrected chi connectivity index (χ4v) is 6.31. The largest absolute Gasteiger partial charge is 0.325 e. The van der Waals surface area contributed by atoms with Gasteiger partial charge in [-0.3, -0.25) is 9.10 Å². The highest BCUT2D eigenvalue weighted by atomic mass is 35.5. The molecule has 3 aromatic carbocycles. The van der Waals surface area contributed by atoms with Crippen LogP contribution in [0.1, 0.15) is 17.5 Å². The topological polar surface area (TPSA) is 66.5 Å². The molecular weight excluding hydrogens is 499 g/mol. The van der Waals surface area contributed by atoms with E-state index in [0.717, 1.165) is 29.7 Å². The molecule has 0 unspecified atom stereocenters. The number of hydrogen-bond donors (Lipinski definition) is 1. The van der Waals surface area contributed by atoms with Crippen LogP contribution in [0.5, 0.6) is 0 Å². The van der Waals surface area contributed by atoms with Crippen molar-refractivity contribution in [3.8, 4) is 0 Å². The van der Waals surface area contributed by atoms with Crippen molar-refractivity contribution in [2.24, 2.45) is 0 Å². The van der Waals surface area contributed by atoms with Gasteiger partial charge in [0.2, 0.25) is 5.91 Å². The maximum atomic E-state index is 13.2. The minimum absolute atomic E-state index is 0.166. The molecule has 0 bridgehead atoms. The molecule has 0 saturated heterocycles. The Balaban J connectivity index is 1.36. The predicted octanol–water partition coefficient (Wildman–Crippen LogP) is 6.01. The van der Waals surface area contributed by atoms with Gasteiger partial charge in [-0.2, -0.15) is 0 Å². The first-order valence-electron chi connectivity index (χ1n) is 10.4. The summed E-state index contributed by atoms with van der Waals surface area (Å²) in [6, 6.07) is 19.3. The molecule has 3 aromatic rings. The molecule has 0 fully saturated rings. The zero-order chi connectivity index (χ0) is 23.4. The second-order valence-corrected chi connectivity index (χ2v) is 11.3. The normalized spacial score (nSPS) is 13.5. The summed E-state index contributed by atoms with van der Waals surface area (Å²) in [5.41, 5.74) is 3.30. The number of rotatable bonds is 7. The van der Waals surface area contributed by atoms with Crippen molar-refractivity contribution in [2.45, 2.75) is 23.5 Å². The zero-order valence-electron chi connectivity index (χ0n) is 17.6. The molecule has 5 nitrogen and oxygen atoms in total. The van der Waals surface area contributed by atoms with Crippen molar-refractivity contribution in [2.75, 3.05) is 21.9 Å². The van der Waals surface area contributed by atoms with Crippen LogP contribution in [0.15, 0.2) is 71.6 Å². The lowest BCUT2D eigenvalue weighted by Crippen LogP contribution is -2.35. The highest BCUT2D eigenvalue weighted by Gasteiger charge is 2.28. The SMILES string of the molecule is O=C(CSCc1ccc(Cl)c(Cl)c1)Nc1ccc(S(=O)(=O)N2CCCc3ccccc32)cc1. The van der Waals surface area contributed by atoms with Crippen LogP contribution in [-0.2, 0) is 27.0 Å². The first-order chi connectivity index (χ1) is 15.8. The monoisotopic (exact) mass is 520 g/mol. The highest BCUT2D eigenvalue weighted by Crippen LogP contribution is 2.32. The number of sulfonamides is 1. The van der Waals surface area contributed by atoms with E-state index in [1.165, 1.54) is 28.2 Å². The molecular formula is C24H22Cl2N2O3S2. The Labute approximate surface area is 208 Å². The van der Waals surface area contributed by atoms with Crippen molar-refractivity contribution >= 4 is 62.3 Å². The number of aryl methyl sites for hydroxylation is 1. The molecule has 9 heteroatoms. The van der Waals surface area contributed by atoms with Gasteiger partial charge in [-0.25, -0.2) is 8.42 Å². The van der Waals surface area contributed by atoms with Gasteiger partial charge in [0, 0.05) is 18.0 Å². The molecule has 172 valence electrons. The Morgan fingerprint density at radius 1 is 1.00 bits per heavy atom. The van der Waals surface area contributed by atoms with Crippen LogP contribution in [-0.4, -0.2) is 26.6 Å². The Morgan fingerprint density at radius 3 is 2.52 bits per heavy atom. The lowest BCUT2D eigenvalue weighted by Gasteiger charge is -2.30. The Hall–Kier alpha value is -2.19. The zero-order valence-corrected chi connectivity index (χ0v) is 20.8. The van der Waals surface area contributed by atoms with E-state index in [-0.39, 0.29) is 16.6 Å². The molecule has 1 N–H and O–H groups in total. The minimum Gasteiger partial charge on any atom is -0.325 e. The van der Waals surface area contributed by atoms with Crippen molar-refractivity contribution in [3.05, 3.63) is 87.9 Å². The van der Waals surface area contributed by atoms with Gasteiger partial charge >= 0.3 is 0 Å². The van der Waals surface area contributed by atoms with E-state index in [1.54, 1.807) is 24.3 Å². The fourth-order valence-electron chi connectivity index (χ4n) is 3.67. The lowest BCUT2D eigenvalue weighted by molar-refractivity contribution is -0.113. The number of para-hydroxylation sites is 1. The molecule has 1 amide bonds. The summed E-state index contributed by atoms with van der Waals surface area (Å²) in [4.78, 5) is 12.5. The standard InChI is InChI=1S/C24H22Cl2N2O3S2/c25-21-12-7-17(14-22(21)26)15-32-16-24(29)27-19-8-10-20(11-9-19)33(30,31)28-13-3-5-18-4-1-2-6-23(18)28/h1-2,4,6-12,14H,3,5,13,15-16H2,(H,27,29). The van der Waals surface area contributed by atoms with Gasteiger partial charge in [-0.05, 0) is 66.4 Å². The molecule has 0 aliphatic carbocycles. The molecule has 0 spiro atoms. The van der Waals surface area contributed by atoms with Crippen molar-refractivity contribution in [1.82, 2.24) is 0 Å². The highest BCUT2D eigenvalue weighted by molar-refractivity contribution is 7.99. The molecule has 1 heterocycles. The number of thioether (sulfide) groups is 1. The van der Waals surface area contributed by atoms with Gasteiger partial charge in [0.25, 0.3) is 10.0 Å². The van der Waals surface area contributed by atoms with E-state index in [1.807, 2.05) is 30.3 Å². The smallest absolute Gasteiger partial charge is 0.264 e. The summed E-state index contributed by atoms with van der Waals surface area (Å²) >= 11 is 13.4. The molecule has 0 atom stereocenters. The van der Waals surface area contributed by atoms with Gasteiger partial charge in [0.15, 0.2) is 0 Å². The summed E-state index contributed by atoms with van der Waals surface area (Å²) < 4.78 is 27.9. The second kappa shape index (κ2) is 10.4. The van der Waals surface area contributed by atoms with E-state index in [0.29, 0.717) is 28.0 Å². The third-order valence-corrected chi connectivity index (χ3v) is 8.85. The minimum atomic E-state index is -3.68. The second-order valence-electron chi connectivity index (χ2n) is 7.62. The number of fused-ring (bicyclic) bond motifs is 1. The van der Waals surface area contributed by atoms with Crippen LogP contribution in [0.4, 0.5) is 11.4 Å². The molecule has 1 aliphatic rings. The molecule has 0 aromatic heterocycles. The maximum absolute atomic E-state index is 13.2. The maximum Gasteiger partial charge on any atom is 0.264 e. The molecule has 0 saturated carbocycles. The predicted molar refractivity (Wildman–Crippen MR) is 137 cm³/mol. The van der Waals surface area contributed by atoms with Crippen LogP contribution in [0.25, 0.3) is 0 Å². The van der Waals surface area contributed by atoms with Gasteiger partial charge in [-0.15, -0.1) is 11.8 Å². The summed E-state index contributed by atoms with van der Waals surface area (Å²) in [6.45, 7) is 0.452. The number of nitrogens with zero attached hydrogens (tertiary/aromatic N) is 1. The Kier molecular flexibility index (Phi) is 7.54. The van der Waals surface area contributed by atoms with E-state index in [9.17, 15) is 13.2 Å². The number of anilines is 2. The molecule has 33 heavy (non-hydrogen) atoms. The summed E-state index contributed by atoms with van der Waals surface area (Å²) in [5, 5.41) is 3.79. The fraction of sp³-hybridized carbons (Fsp3) is 0.208. The average molecular weight is 521 g/mol. The third kappa shape index (κ3) is 5.66. The van der Waals surface area contributed by atoms with Crippen LogP contribution < -0.4 is 9.62 Å². The van der Waals surface area contributed by atoms with Gasteiger partial charge < -0.3 is 5.32 Å². The Morgan fingerprint density at radius 2 is 1.76 bits per heavy atom. The van der Waals surface area contributed by atoms with Crippen LogP contribution in [0.3, 0.4) is 0 Å². The number of amides is 1. The van der Waals surface area contributed by atoms with E-state index in [2.05, 4.69) is 5.32 Å². The van der Waals surface area contributed by atoms with Crippen LogP contribution in [0, 0.1) is 0 Å². The van der Waals surface area contributed by atoms with Gasteiger partial charge in [-0.1, -0.05) is 47.5 Å². The number of carbonyl (C=O) groups excluding carboxylic acids is 1. The van der Waals surface area contributed by atoms with E-state index >= 15 is 0 Å². The first kappa shape index (κ1) is 24.0. The molecule has 4 rings (SSSR count). The van der Waals surface area contributed by atoms with Crippen molar-refractivity contribution in [1.29, 1.82) is 0 Å². The van der Waals surface area contributed by atoms with E-state index < -0.39 is 10.0 Å². The number of carbonyl (C=O) groups is 1. The summed E-state index contributed by atoms with van der Waals surface area (Å²) in [5.74, 6) is 0.713. The van der Waals surface area contributed by atoms with Crippen molar-refractivity contribution < 1.29 is 13.2 Å². The number of hydrogen-bond acceptors (Lipinski definition) is 4. The summed E-state index contributed by atoms with van der Waals surface area (Å²) in [7, 11) is -3.68. The quantitative estimate of drug-likeness (QED) is 0.414. The number of halogens is 2. The summed E-state index contributed by atoms with van der Waals surface area (Å²) in [6.07, 6.45) is 1.65. The first-order valence-corrected chi connectivity index (χ1v) is 13.7. The van der Waals surface area contributed by atoms with Crippen LogP contribution >= 0.6 is 35.0 Å². The third-order valence-electron chi connectivity index (χ3n) is 5.28. The lowest BCUT2D eigenvalue weighted by atomic mass is 10.0. The van der Waals surface area contributed by atoms with Gasteiger partial charge in [0.05, 0.1) is 26.4 Å². The number of benzene rings is 3. The Bertz CT molecular complexity index is 1260. The van der Waals surface area contributed by atoms with Gasteiger partial charge in [0.1, 0.15) is 0 Å². The van der Waals surface area contributed by atoms with E-state index in [4.69, 9.17) is 23.2 Å². The number of nitrogens with one attached hydrogen (secondary N) is 1. The van der Waals surface area contributed by atoms with Crippen molar-refractivity contribution in [3.63, 3.8) is 0 Å².